The summed E-state index contributed by atoms with van der Waals surface area (Å²) in [4.78, 5) is 11.9. The van der Waals surface area contributed by atoms with Gasteiger partial charge in [0.25, 0.3) is 5.91 Å². The average Bonchev–Trinajstić information content (AvgIpc) is 2.63. The second-order valence-corrected chi connectivity index (χ2v) is 5.94. The molecule has 3 rings (SSSR count). The summed E-state index contributed by atoms with van der Waals surface area (Å²) in [7, 11) is 0. The Morgan fingerprint density at radius 1 is 0.923 bits per heavy atom. The van der Waals surface area contributed by atoms with Gasteiger partial charge in [0.15, 0.2) is 6.61 Å². The van der Waals surface area contributed by atoms with Crippen LogP contribution in [0, 0.1) is 5.82 Å². The molecule has 4 nitrogen and oxygen atoms in total. The van der Waals surface area contributed by atoms with Gasteiger partial charge < -0.3 is 15.4 Å². The topological polar surface area (TPSA) is 50.4 Å². The van der Waals surface area contributed by atoms with Crippen molar-refractivity contribution in [3.05, 3.63) is 83.6 Å². The maximum absolute atomic E-state index is 13.2. The second-order valence-electron chi connectivity index (χ2n) is 5.50. The number of hydrogen-bond acceptors (Lipinski definition) is 3. The molecule has 0 saturated heterocycles. The molecule has 0 heterocycles. The molecule has 26 heavy (non-hydrogen) atoms. The summed E-state index contributed by atoms with van der Waals surface area (Å²) in [5.41, 5.74) is 2.07. The predicted molar refractivity (Wildman–Crippen MR) is 102 cm³/mol. The Balaban J connectivity index is 1.51. The lowest BCUT2D eigenvalue weighted by Crippen LogP contribution is -2.20. The highest BCUT2D eigenvalue weighted by atomic mass is 35.5. The summed E-state index contributed by atoms with van der Waals surface area (Å²) in [6.45, 7) is -0.106. The van der Waals surface area contributed by atoms with Crippen molar-refractivity contribution in [3.8, 4) is 5.75 Å². The van der Waals surface area contributed by atoms with E-state index in [-0.39, 0.29) is 18.3 Å². The van der Waals surface area contributed by atoms with Crippen LogP contribution in [0.25, 0.3) is 0 Å². The van der Waals surface area contributed by atoms with Crippen molar-refractivity contribution in [2.75, 3.05) is 17.2 Å². The third-order valence-electron chi connectivity index (χ3n) is 3.47. The lowest BCUT2D eigenvalue weighted by atomic mass is 10.2. The Morgan fingerprint density at radius 2 is 1.62 bits per heavy atom. The minimum Gasteiger partial charge on any atom is -0.484 e. The first-order valence-electron chi connectivity index (χ1n) is 7.89. The summed E-state index contributed by atoms with van der Waals surface area (Å²) in [5.74, 6) is -0.00967. The van der Waals surface area contributed by atoms with Crippen molar-refractivity contribution in [3.63, 3.8) is 0 Å². The molecule has 0 aliphatic heterocycles. The first-order chi connectivity index (χ1) is 12.6. The predicted octanol–water partition coefficient (Wildman–Crippen LogP) is 5.24. The van der Waals surface area contributed by atoms with Gasteiger partial charge in [0, 0.05) is 22.1 Å². The van der Waals surface area contributed by atoms with E-state index >= 15 is 0 Å². The van der Waals surface area contributed by atoms with Crippen molar-refractivity contribution in [2.45, 2.75) is 0 Å². The lowest BCUT2D eigenvalue weighted by molar-refractivity contribution is -0.118. The molecule has 0 bridgehead atoms. The second kappa shape index (κ2) is 8.36. The molecule has 0 unspecified atom stereocenters. The lowest BCUT2D eigenvalue weighted by Gasteiger charge is -2.10. The average molecular weight is 371 g/mol. The molecule has 132 valence electrons. The fraction of sp³-hybridized carbons (Fsp3) is 0.0500. The zero-order chi connectivity index (χ0) is 18.4. The standard InChI is InChI=1S/C20H16ClFN2O2/c21-14-4-10-19(11-5-14)26-13-20(25)24-17-8-6-16(7-9-17)23-18-3-1-2-15(22)12-18/h1-12,23H,13H2,(H,24,25). The normalized spacial score (nSPS) is 10.2. The van der Waals surface area contributed by atoms with Gasteiger partial charge in [-0.15, -0.1) is 0 Å². The number of nitrogens with one attached hydrogen (secondary N) is 2. The number of carbonyl (C=O) groups excluding carboxylic acids is 1. The van der Waals surface area contributed by atoms with Crippen molar-refractivity contribution >= 4 is 34.6 Å². The van der Waals surface area contributed by atoms with Crippen molar-refractivity contribution in [2.24, 2.45) is 0 Å². The van der Waals surface area contributed by atoms with Crippen LogP contribution < -0.4 is 15.4 Å². The maximum atomic E-state index is 13.2. The van der Waals surface area contributed by atoms with Gasteiger partial charge in [-0.2, -0.15) is 0 Å². The maximum Gasteiger partial charge on any atom is 0.262 e. The van der Waals surface area contributed by atoms with Crippen molar-refractivity contribution in [1.29, 1.82) is 0 Å². The van der Waals surface area contributed by atoms with E-state index in [9.17, 15) is 9.18 Å². The van der Waals surface area contributed by atoms with E-state index in [1.165, 1.54) is 12.1 Å². The third kappa shape index (κ3) is 5.22. The molecule has 0 aliphatic carbocycles. The minimum absolute atomic E-state index is 0.106. The van der Waals surface area contributed by atoms with Crippen LogP contribution in [0.15, 0.2) is 72.8 Å². The highest BCUT2D eigenvalue weighted by Crippen LogP contribution is 2.20. The van der Waals surface area contributed by atoms with Crippen LogP contribution >= 0.6 is 11.6 Å². The summed E-state index contributed by atoms with van der Waals surface area (Å²) in [6.07, 6.45) is 0. The zero-order valence-electron chi connectivity index (χ0n) is 13.7. The van der Waals surface area contributed by atoms with Crippen LogP contribution in [0.3, 0.4) is 0 Å². The summed E-state index contributed by atoms with van der Waals surface area (Å²) in [5, 5.41) is 6.44. The molecule has 3 aromatic rings. The van der Waals surface area contributed by atoms with E-state index in [2.05, 4.69) is 10.6 Å². The van der Waals surface area contributed by atoms with Gasteiger partial charge >= 0.3 is 0 Å². The monoisotopic (exact) mass is 370 g/mol. The molecule has 6 heteroatoms. The molecule has 0 saturated carbocycles. The zero-order valence-corrected chi connectivity index (χ0v) is 14.5. The van der Waals surface area contributed by atoms with Crippen LogP contribution in [0.5, 0.6) is 5.75 Å². The Kier molecular flexibility index (Phi) is 5.71. The summed E-state index contributed by atoms with van der Waals surface area (Å²) >= 11 is 5.79. The van der Waals surface area contributed by atoms with E-state index in [0.29, 0.717) is 22.1 Å². The molecule has 2 N–H and O–H groups in total. The smallest absolute Gasteiger partial charge is 0.262 e. The van der Waals surface area contributed by atoms with E-state index in [1.807, 2.05) is 0 Å². The SMILES string of the molecule is O=C(COc1ccc(Cl)cc1)Nc1ccc(Nc2cccc(F)c2)cc1. The molecule has 0 spiro atoms. The summed E-state index contributed by atoms with van der Waals surface area (Å²) in [6, 6.07) is 20.1. The number of anilines is 3. The largest absolute Gasteiger partial charge is 0.484 e. The van der Waals surface area contributed by atoms with E-state index in [0.717, 1.165) is 5.69 Å². The van der Waals surface area contributed by atoms with Crippen LogP contribution in [0.2, 0.25) is 5.02 Å². The molecule has 0 radical (unpaired) electrons. The third-order valence-corrected chi connectivity index (χ3v) is 3.72. The van der Waals surface area contributed by atoms with Crippen LogP contribution in [0.1, 0.15) is 0 Å². The fourth-order valence-electron chi connectivity index (χ4n) is 2.25. The number of amides is 1. The Morgan fingerprint density at radius 3 is 2.31 bits per heavy atom. The van der Waals surface area contributed by atoms with Crippen molar-refractivity contribution < 1.29 is 13.9 Å². The first-order valence-corrected chi connectivity index (χ1v) is 8.27. The minimum atomic E-state index is -0.306. The van der Waals surface area contributed by atoms with Crippen molar-refractivity contribution in [1.82, 2.24) is 0 Å². The Labute approximate surface area is 155 Å². The van der Waals surface area contributed by atoms with Crippen LogP contribution in [-0.4, -0.2) is 12.5 Å². The van der Waals surface area contributed by atoms with Gasteiger partial charge in [0.2, 0.25) is 0 Å². The summed E-state index contributed by atoms with van der Waals surface area (Å²) < 4.78 is 18.6. The molecule has 1 amide bonds. The molecule has 0 atom stereocenters. The molecular weight excluding hydrogens is 355 g/mol. The van der Waals surface area contributed by atoms with Gasteiger partial charge in [0.1, 0.15) is 11.6 Å². The van der Waals surface area contributed by atoms with Gasteiger partial charge in [0.05, 0.1) is 0 Å². The molecule has 3 aromatic carbocycles. The number of hydrogen-bond donors (Lipinski definition) is 2. The van der Waals surface area contributed by atoms with Crippen LogP contribution in [-0.2, 0) is 4.79 Å². The van der Waals surface area contributed by atoms with Gasteiger partial charge in [-0.3, -0.25) is 4.79 Å². The van der Waals surface area contributed by atoms with E-state index in [1.54, 1.807) is 60.7 Å². The van der Waals surface area contributed by atoms with E-state index in [4.69, 9.17) is 16.3 Å². The number of halogens is 2. The molecule has 0 fully saturated rings. The molecular formula is C20H16ClFN2O2. The Bertz CT molecular complexity index is 883. The fourth-order valence-corrected chi connectivity index (χ4v) is 2.37. The van der Waals surface area contributed by atoms with Gasteiger partial charge in [-0.25, -0.2) is 4.39 Å². The van der Waals surface area contributed by atoms with Gasteiger partial charge in [-0.05, 0) is 66.7 Å². The number of benzene rings is 3. The molecule has 0 aliphatic rings. The molecule has 0 aromatic heterocycles. The Hall–Kier alpha value is -3.05. The quantitative estimate of drug-likeness (QED) is 0.623. The number of ether oxygens (including phenoxy) is 1. The van der Waals surface area contributed by atoms with E-state index < -0.39 is 0 Å². The highest BCUT2D eigenvalue weighted by molar-refractivity contribution is 6.30. The first kappa shape index (κ1) is 17.8. The van der Waals surface area contributed by atoms with Crippen LogP contribution in [0.4, 0.5) is 21.5 Å². The number of rotatable bonds is 6. The number of carbonyl (C=O) groups is 1. The highest BCUT2D eigenvalue weighted by Gasteiger charge is 2.04. The van der Waals surface area contributed by atoms with Gasteiger partial charge in [-0.1, -0.05) is 17.7 Å².